The summed E-state index contributed by atoms with van der Waals surface area (Å²) < 4.78 is 5.68. The minimum absolute atomic E-state index is 0.373. The van der Waals surface area contributed by atoms with Crippen molar-refractivity contribution < 1.29 is 4.74 Å². The van der Waals surface area contributed by atoms with Crippen LogP contribution in [0.25, 0.3) is 0 Å². The van der Waals surface area contributed by atoms with Crippen LogP contribution in [0.5, 0.6) is 0 Å². The highest BCUT2D eigenvalue weighted by atomic mass is 16.5. The lowest BCUT2D eigenvalue weighted by molar-refractivity contribution is 0.156. The molecule has 0 aliphatic carbocycles. The largest absolute Gasteiger partial charge is 0.381 e. The smallest absolute Gasteiger partial charge is 0.193 e. The minimum atomic E-state index is 0.373. The predicted octanol–water partition coefficient (Wildman–Crippen LogP) is 2.51. The average Bonchev–Trinajstić information content (AvgIpc) is 3.34. The summed E-state index contributed by atoms with van der Waals surface area (Å²) >= 11 is 0. The van der Waals surface area contributed by atoms with Crippen LogP contribution in [-0.2, 0) is 17.7 Å². The molecule has 27 heavy (non-hydrogen) atoms. The van der Waals surface area contributed by atoms with Gasteiger partial charge in [-0.3, -0.25) is 9.89 Å². The molecule has 3 aliphatic rings. The fourth-order valence-electron chi connectivity index (χ4n) is 4.74. The second-order valence-electron chi connectivity index (χ2n) is 8.51. The number of fused-ring (bicyclic) bond motifs is 1. The molecule has 5 nitrogen and oxygen atoms in total. The molecule has 0 aromatic heterocycles. The second-order valence-corrected chi connectivity index (χ2v) is 8.51. The number of hydrogen-bond donors (Lipinski definition) is 1. The molecule has 0 bridgehead atoms. The van der Waals surface area contributed by atoms with Crippen molar-refractivity contribution in [1.82, 2.24) is 15.1 Å². The van der Waals surface area contributed by atoms with Gasteiger partial charge < -0.3 is 15.0 Å². The maximum atomic E-state index is 5.68. The van der Waals surface area contributed by atoms with Gasteiger partial charge in [-0.2, -0.15) is 0 Å². The van der Waals surface area contributed by atoms with Crippen molar-refractivity contribution in [2.75, 3.05) is 45.9 Å². The van der Waals surface area contributed by atoms with Gasteiger partial charge in [0.2, 0.25) is 0 Å². The van der Waals surface area contributed by atoms with Gasteiger partial charge in [-0.05, 0) is 44.2 Å². The number of nitrogens with one attached hydrogen (secondary N) is 1. The number of nitrogens with zero attached hydrogens (tertiary/aromatic N) is 3. The van der Waals surface area contributed by atoms with Crippen LogP contribution >= 0.6 is 0 Å². The summed E-state index contributed by atoms with van der Waals surface area (Å²) in [5, 5.41) is 3.52. The lowest BCUT2D eigenvalue weighted by Crippen LogP contribution is -2.43. The molecule has 4 rings (SSSR count). The molecule has 2 unspecified atom stereocenters. The van der Waals surface area contributed by atoms with Gasteiger partial charge in [0.1, 0.15) is 0 Å². The Balaban J connectivity index is 1.37. The summed E-state index contributed by atoms with van der Waals surface area (Å²) in [6.07, 6.45) is 3.58. The highest BCUT2D eigenvalue weighted by Crippen LogP contribution is 2.38. The van der Waals surface area contributed by atoms with Gasteiger partial charge in [-0.1, -0.05) is 24.3 Å². The van der Waals surface area contributed by atoms with Crippen molar-refractivity contribution in [2.45, 2.75) is 45.7 Å². The Labute approximate surface area is 163 Å². The van der Waals surface area contributed by atoms with E-state index >= 15 is 0 Å². The topological polar surface area (TPSA) is 40.1 Å². The molecule has 2 saturated heterocycles. The van der Waals surface area contributed by atoms with Crippen molar-refractivity contribution in [3.05, 3.63) is 35.4 Å². The van der Waals surface area contributed by atoms with Crippen molar-refractivity contribution in [2.24, 2.45) is 10.4 Å². The summed E-state index contributed by atoms with van der Waals surface area (Å²) in [6, 6.07) is 9.32. The van der Waals surface area contributed by atoms with E-state index in [-0.39, 0.29) is 0 Å². The summed E-state index contributed by atoms with van der Waals surface area (Å²) in [4.78, 5) is 10.1. The quantitative estimate of drug-likeness (QED) is 0.653. The first-order valence-corrected chi connectivity index (χ1v) is 10.6. The Kier molecular flexibility index (Phi) is 5.69. The number of aliphatic imine (C=N–C) groups is 1. The number of ether oxygens (including phenoxy) is 1. The van der Waals surface area contributed by atoms with E-state index in [0.29, 0.717) is 11.5 Å². The van der Waals surface area contributed by atoms with Gasteiger partial charge in [0.15, 0.2) is 5.96 Å². The summed E-state index contributed by atoms with van der Waals surface area (Å²) in [6.45, 7) is 12.5. The van der Waals surface area contributed by atoms with Gasteiger partial charge in [0.05, 0.1) is 13.2 Å². The van der Waals surface area contributed by atoms with E-state index < -0.39 is 0 Å². The number of hydrogen-bond acceptors (Lipinski definition) is 3. The molecule has 0 amide bonds. The van der Waals surface area contributed by atoms with Crippen molar-refractivity contribution in [3.63, 3.8) is 0 Å². The third-order valence-electron chi connectivity index (χ3n) is 6.55. The van der Waals surface area contributed by atoms with Gasteiger partial charge >= 0.3 is 0 Å². The lowest BCUT2D eigenvalue weighted by Gasteiger charge is -2.33. The van der Waals surface area contributed by atoms with Gasteiger partial charge in [-0.15, -0.1) is 0 Å². The number of likely N-dealkylation sites (tertiary alicyclic amines) is 1. The molecule has 2 fully saturated rings. The molecule has 3 heterocycles. The lowest BCUT2D eigenvalue weighted by atomic mass is 9.87. The highest BCUT2D eigenvalue weighted by Gasteiger charge is 2.42. The van der Waals surface area contributed by atoms with E-state index in [2.05, 4.69) is 53.2 Å². The van der Waals surface area contributed by atoms with Crippen molar-refractivity contribution in [1.29, 1.82) is 0 Å². The Bertz CT molecular complexity index is 668. The van der Waals surface area contributed by atoms with Crippen LogP contribution in [0, 0.1) is 5.41 Å². The fraction of sp³-hybridized carbons (Fsp3) is 0.682. The van der Waals surface area contributed by atoms with Gasteiger partial charge in [0.25, 0.3) is 0 Å². The standard InChI is InChI=1S/C22H34N4O/c1-3-23-21(26-12-9-22(16-26)10-13-27-17-22)24-14-18(2)25-11-8-19-6-4-5-7-20(19)15-25/h4-7,18H,3,8-17H2,1-2H3,(H,23,24). The number of benzene rings is 1. The first kappa shape index (κ1) is 18.8. The van der Waals surface area contributed by atoms with E-state index in [1.807, 2.05) is 0 Å². The summed E-state index contributed by atoms with van der Waals surface area (Å²) in [5.74, 6) is 1.09. The molecule has 1 aromatic carbocycles. The van der Waals surface area contributed by atoms with E-state index in [1.165, 1.54) is 24.0 Å². The zero-order valence-electron chi connectivity index (χ0n) is 16.9. The second kappa shape index (κ2) is 8.19. The van der Waals surface area contributed by atoms with Crippen LogP contribution in [0.15, 0.2) is 29.3 Å². The maximum Gasteiger partial charge on any atom is 0.193 e. The first-order chi connectivity index (χ1) is 13.2. The van der Waals surface area contributed by atoms with E-state index in [0.717, 1.165) is 64.9 Å². The zero-order chi connectivity index (χ0) is 18.7. The molecule has 0 saturated carbocycles. The van der Waals surface area contributed by atoms with Crippen LogP contribution in [-0.4, -0.2) is 67.7 Å². The van der Waals surface area contributed by atoms with Crippen LogP contribution in [0.2, 0.25) is 0 Å². The third-order valence-corrected chi connectivity index (χ3v) is 6.55. The average molecular weight is 371 g/mol. The van der Waals surface area contributed by atoms with Crippen LogP contribution in [0.1, 0.15) is 37.8 Å². The highest BCUT2D eigenvalue weighted by molar-refractivity contribution is 5.80. The predicted molar refractivity (Wildman–Crippen MR) is 110 cm³/mol. The molecule has 3 aliphatic heterocycles. The molecular formula is C22H34N4O. The Morgan fingerprint density at radius 3 is 2.89 bits per heavy atom. The summed E-state index contributed by atoms with van der Waals surface area (Å²) in [5.41, 5.74) is 3.37. The van der Waals surface area contributed by atoms with Gasteiger partial charge in [0, 0.05) is 50.8 Å². The molecule has 2 atom stereocenters. The molecule has 1 N–H and O–H groups in total. The fourth-order valence-corrected chi connectivity index (χ4v) is 4.74. The SMILES string of the molecule is CCNC(=NCC(C)N1CCc2ccccc2C1)N1CCC2(CCOC2)C1. The Morgan fingerprint density at radius 1 is 1.26 bits per heavy atom. The maximum absolute atomic E-state index is 5.68. The molecule has 5 heteroatoms. The number of rotatable bonds is 4. The van der Waals surface area contributed by atoms with E-state index in [9.17, 15) is 0 Å². The van der Waals surface area contributed by atoms with Gasteiger partial charge in [-0.25, -0.2) is 0 Å². The number of guanidine groups is 1. The van der Waals surface area contributed by atoms with Crippen LogP contribution < -0.4 is 5.32 Å². The monoisotopic (exact) mass is 370 g/mol. The van der Waals surface area contributed by atoms with Crippen LogP contribution in [0.3, 0.4) is 0 Å². The minimum Gasteiger partial charge on any atom is -0.381 e. The van der Waals surface area contributed by atoms with Crippen molar-refractivity contribution >= 4 is 5.96 Å². The normalized spacial score (nSPS) is 27.2. The zero-order valence-corrected chi connectivity index (χ0v) is 16.9. The molecular weight excluding hydrogens is 336 g/mol. The van der Waals surface area contributed by atoms with E-state index in [4.69, 9.17) is 9.73 Å². The Hall–Kier alpha value is -1.59. The van der Waals surface area contributed by atoms with Crippen molar-refractivity contribution in [3.8, 4) is 0 Å². The Morgan fingerprint density at radius 2 is 2.11 bits per heavy atom. The molecule has 0 radical (unpaired) electrons. The summed E-state index contributed by atoms with van der Waals surface area (Å²) in [7, 11) is 0. The first-order valence-electron chi connectivity index (χ1n) is 10.6. The third kappa shape index (κ3) is 4.14. The van der Waals surface area contributed by atoms with Crippen LogP contribution in [0.4, 0.5) is 0 Å². The molecule has 1 spiro atoms. The molecule has 148 valence electrons. The molecule has 1 aromatic rings. The van der Waals surface area contributed by atoms with E-state index in [1.54, 1.807) is 0 Å².